The van der Waals surface area contributed by atoms with Crippen molar-refractivity contribution < 1.29 is 14.6 Å². The zero-order chi connectivity index (χ0) is 18.0. The van der Waals surface area contributed by atoms with Crippen molar-refractivity contribution in [2.45, 2.75) is 31.6 Å². The summed E-state index contributed by atoms with van der Waals surface area (Å²) in [6, 6.07) is 14.9. The molecule has 0 aliphatic carbocycles. The van der Waals surface area contributed by atoms with Crippen LogP contribution < -0.4 is 15.4 Å². The van der Waals surface area contributed by atoms with Crippen molar-refractivity contribution >= 4 is 11.7 Å². The van der Waals surface area contributed by atoms with Crippen LogP contribution in [0.3, 0.4) is 0 Å². The fourth-order valence-corrected chi connectivity index (χ4v) is 2.86. The lowest BCUT2D eigenvalue weighted by atomic mass is 9.86. The standard InChI is InChI=1S/C19H19N3O3/c1-19(2)17(23)16(14-10-12(11-20)8-9-15(14)25-19)22-18(24)21-13-6-4-3-5-7-13/h3-10,16-17,23H,1-2H3,(H2,21,22,24)/t16-,17+/m0/s1. The summed E-state index contributed by atoms with van der Waals surface area (Å²) >= 11 is 0. The summed E-state index contributed by atoms with van der Waals surface area (Å²) in [4.78, 5) is 12.4. The van der Waals surface area contributed by atoms with Gasteiger partial charge in [0.1, 0.15) is 17.5 Å². The van der Waals surface area contributed by atoms with Gasteiger partial charge in [0.25, 0.3) is 0 Å². The van der Waals surface area contributed by atoms with Crippen LogP contribution >= 0.6 is 0 Å². The lowest BCUT2D eigenvalue weighted by molar-refractivity contribution is -0.0618. The van der Waals surface area contributed by atoms with Crippen LogP contribution in [0.25, 0.3) is 0 Å². The highest BCUT2D eigenvalue weighted by molar-refractivity contribution is 5.89. The lowest BCUT2D eigenvalue weighted by Gasteiger charge is -2.42. The van der Waals surface area contributed by atoms with Crippen molar-refractivity contribution in [2.24, 2.45) is 0 Å². The molecule has 0 saturated heterocycles. The summed E-state index contributed by atoms with van der Waals surface area (Å²) in [5.41, 5.74) is 0.775. The molecule has 0 bridgehead atoms. The largest absolute Gasteiger partial charge is 0.485 e. The number of ether oxygens (including phenoxy) is 1. The molecule has 128 valence electrons. The number of amides is 2. The maximum atomic E-state index is 12.4. The number of hydrogen-bond acceptors (Lipinski definition) is 4. The van der Waals surface area contributed by atoms with Gasteiger partial charge in [-0.1, -0.05) is 18.2 Å². The molecule has 2 aromatic carbocycles. The molecule has 0 aromatic heterocycles. The smallest absolute Gasteiger partial charge is 0.319 e. The van der Waals surface area contributed by atoms with Gasteiger partial charge in [-0.25, -0.2) is 4.79 Å². The van der Waals surface area contributed by atoms with E-state index < -0.39 is 23.8 Å². The lowest BCUT2D eigenvalue weighted by Crippen LogP contribution is -2.54. The average Bonchev–Trinajstić information content (AvgIpc) is 2.59. The highest BCUT2D eigenvalue weighted by Gasteiger charge is 2.43. The number of carbonyl (C=O) groups excluding carboxylic acids is 1. The number of anilines is 1. The molecular formula is C19H19N3O3. The van der Waals surface area contributed by atoms with Crippen molar-refractivity contribution in [1.82, 2.24) is 5.32 Å². The number of benzene rings is 2. The number of hydrogen-bond donors (Lipinski definition) is 3. The van der Waals surface area contributed by atoms with E-state index in [9.17, 15) is 9.90 Å². The number of para-hydroxylation sites is 1. The number of carbonyl (C=O) groups is 1. The topological polar surface area (TPSA) is 94.4 Å². The van der Waals surface area contributed by atoms with Crippen LogP contribution in [0.1, 0.15) is 31.0 Å². The molecule has 0 spiro atoms. The molecule has 25 heavy (non-hydrogen) atoms. The van der Waals surface area contributed by atoms with Crippen molar-refractivity contribution in [1.29, 1.82) is 5.26 Å². The first-order chi connectivity index (χ1) is 11.9. The van der Waals surface area contributed by atoms with Gasteiger partial charge >= 0.3 is 6.03 Å². The fraction of sp³-hybridized carbons (Fsp3) is 0.263. The number of rotatable bonds is 2. The quantitative estimate of drug-likeness (QED) is 0.785. The van der Waals surface area contributed by atoms with Gasteiger partial charge in [0.2, 0.25) is 0 Å². The molecule has 0 saturated carbocycles. The average molecular weight is 337 g/mol. The Morgan fingerprint density at radius 2 is 1.96 bits per heavy atom. The van der Waals surface area contributed by atoms with Crippen molar-refractivity contribution in [3.8, 4) is 11.8 Å². The number of aliphatic hydroxyl groups excluding tert-OH is 1. The maximum Gasteiger partial charge on any atom is 0.319 e. The fourth-order valence-electron chi connectivity index (χ4n) is 2.86. The molecule has 0 fully saturated rings. The van der Waals surface area contributed by atoms with Crippen LogP contribution in [0, 0.1) is 11.3 Å². The number of fused-ring (bicyclic) bond motifs is 1. The molecule has 6 nitrogen and oxygen atoms in total. The van der Waals surface area contributed by atoms with Gasteiger partial charge in [-0.15, -0.1) is 0 Å². The molecule has 2 aromatic rings. The van der Waals surface area contributed by atoms with Crippen molar-refractivity contribution in [3.05, 3.63) is 59.7 Å². The summed E-state index contributed by atoms with van der Waals surface area (Å²) < 4.78 is 5.83. The van der Waals surface area contributed by atoms with Gasteiger partial charge in [-0.05, 0) is 44.2 Å². The molecule has 3 N–H and O–H groups in total. The molecule has 2 amide bonds. The van der Waals surface area contributed by atoms with E-state index in [1.54, 1.807) is 44.2 Å². The Labute approximate surface area is 146 Å². The third-order valence-corrected chi connectivity index (χ3v) is 4.19. The second-order valence-corrected chi connectivity index (χ2v) is 6.46. The minimum absolute atomic E-state index is 0.435. The van der Waals surface area contributed by atoms with Crippen LogP contribution in [0.4, 0.5) is 10.5 Å². The SMILES string of the molecule is CC1(C)Oc2ccc(C#N)cc2[C@H](NC(=O)Nc2ccccc2)[C@H]1O. The van der Waals surface area contributed by atoms with E-state index in [-0.39, 0.29) is 0 Å². The van der Waals surface area contributed by atoms with E-state index in [1.165, 1.54) is 0 Å². The molecule has 2 atom stereocenters. The van der Waals surface area contributed by atoms with Crippen LogP contribution in [-0.2, 0) is 0 Å². The summed E-state index contributed by atoms with van der Waals surface area (Å²) in [6.45, 7) is 3.51. The Hall–Kier alpha value is -3.04. The van der Waals surface area contributed by atoms with Gasteiger partial charge < -0.3 is 20.5 Å². The highest BCUT2D eigenvalue weighted by atomic mass is 16.5. The van der Waals surface area contributed by atoms with Gasteiger partial charge in [-0.2, -0.15) is 5.26 Å². The zero-order valence-electron chi connectivity index (χ0n) is 14.0. The van der Waals surface area contributed by atoms with Crippen LogP contribution in [0.15, 0.2) is 48.5 Å². The number of urea groups is 1. The van der Waals surface area contributed by atoms with Gasteiger partial charge in [0.15, 0.2) is 0 Å². The van der Waals surface area contributed by atoms with Crippen LogP contribution in [0.5, 0.6) is 5.75 Å². The molecule has 1 aliphatic heterocycles. The van der Waals surface area contributed by atoms with Crippen molar-refractivity contribution in [2.75, 3.05) is 5.32 Å². The summed E-state index contributed by atoms with van der Waals surface area (Å²) in [6.07, 6.45) is -0.976. The number of nitriles is 1. The zero-order valence-corrected chi connectivity index (χ0v) is 14.0. The molecule has 0 unspecified atom stereocenters. The van der Waals surface area contributed by atoms with E-state index in [2.05, 4.69) is 16.7 Å². The molecule has 3 rings (SSSR count). The first-order valence-electron chi connectivity index (χ1n) is 7.94. The third kappa shape index (κ3) is 3.42. The summed E-state index contributed by atoms with van der Waals surface area (Å²) in [5.74, 6) is 0.541. The minimum Gasteiger partial charge on any atom is -0.485 e. The van der Waals surface area contributed by atoms with Crippen molar-refractivity contribution in [3.63, 3.8) is 0 Å². The van der Waals surface area contributed by atoms with E-state index in [4.69, 9.17) is 10.00 Å². The first kappa shape index (κ1) is 16.8. The molecule has 1 aliphatic rings. The van der Waals surface area contributed by atoms with Crippen LogP contribution in [-0.4, -0.2) is 22.8 Å². The second-order valence-electron chi connectivity index (χ2n) is 6.46. The van der Waals surface area contributed by atoms with E-state index in [1.807, 2.05) is 18.2 Å². The van der Waals surface area contributed by atoms with E-state index in [0.717, 1.165) is 0 Å². The first-order valence-corrected chi connectivity index (χ1v) is 7.94. The predicted octanol–water partition coefficient (Wildman–Crippen LogP) is 2.95. The second kappa shape index (κ2) is 6.46. The van der Waals surface area contributed by atoms with Gasteiger partial charge in [-0.3, -0.25) is 0 Å². The van der Waals surface area contributed by atoms with E-state index in [0.29, 0.717) is 22.6 Å². The Bertz CT molecular complexity index is 828. The number of nitrogens with zero attached hydrogens (tertiary/aromatic N) is 1. The summed E-state index contributed by atoms with van der Waals surface area (Å²) in [7, 11) is 0. The predicted molar refractivity (Wildman–Crippen MR) is 93.2 cm³/mol. The normalized spacial score (nSPS) is 20.6. The Morgan fingerprint density at radius 1 is 1.24 bits per heavy atom. The Kier molecular flexibility index (Phi) is 4.34. The Morgan fingerprint density at radius 3 is 2.64 bits per heavy atom. The molecular weight excluding hydrogens is 318 g/mol. The van der Waals surface area contributed by atoms with Gasteiger partial charge in [0.05, 0.1) is 17.7 Å². The third-order valence-electron chi connectivity index (χ3n) is 4.19. The highest BCUT2D eigenvalue weighted by Crippen LogP contribution is 2.40. The summed E-state index contributed by atoms with van der Waals surface area (Å²) in [5, 5.41) is 25.3. The van der Waals surface area contributed by atoms with Gasteiger partial charge in [0, 0.05) is 11.3 Å². The number of aliphatic hydroxyl groups is 1. The maximum absolute atomic E-state index is 12.4. The number of nitrogens with one attached hydrogen (secondary N) is 2. The molecule has 6 heteroatoms. The minimum atomic E-state index is -0.976. The Balaban J connectivity index is 1.88. The van der Waals surface area contributed by atoms with Crippen LogP contribution in [0.2, 0.25) is 0 Å². The van der Waals surface area contributed by atoms with E-state index >= 15 is 0 Å². The molecule has 0 radical (unpaired) electrons. The molecule has 1 heterocycles. The monoisotopic (exact) mass is 337 g/mol.